The molecular formula is C12H12F2O2. The summed E-state index contributed by atoms with van der Waals surface area (Å²) < 4.78 is 31.2. The molecule has 0 N–H and O–H groups in total. The van der Waals surface area contributed by atoms with Gasteiger partial charge in [0.1, 0.15) is 23.2 Å². The third-order valence-electron chi connectivity index (χ3n) is 2.63. The topological polar surface area (TPSA) is 26.3 Å². The van der Waals surface area contributed by atoms with Crippen molar-refractivity contribution in [3.8, 4) is 5.75 Å². The van der Waals surface area contributed by atoms with Crippen LogP contribution in [0, 0.1) is 11.6 Å². The van der Waals surface area contributed by atoms with Crippen LogP contribution in [-0.2, 0) is 4.79 Å². The first kappa shape index (κ1) is 11.0. The first-order valence-corrected chi connectivity index (χ1v) is 5.28. The third-order valence-corrected chi connectivity index (χ3v) is 2.63. The van der Waals surface area contributed by atoms with Gasteiger partial charge in [0, 0.05) is 31.0 Å². The summed E-state index contributed by atoms with van der Waals surface area (Å²) in [5.41, 5.74) is 0. The molecule has 2 nitrogen and oxygen atoms in total. The summed E-state index contributed by atoms with van der Waals surface area (Å²) in [4.78, 5) is 11.0. The van der Waals surface area contributed by atoms with E-state index < -0.39 is 11.6 Å². The molecule has 4 heteroatoms. The van der Waals surface area contributed by atoms with E-state index in [-0.39, 0.29) is 17.6 Å². The van der Waals surface area contributed by atoms with Gasteiger partial charge >= 0.3 is 0 Å². The van der Waals surface area contributed by atoms with Crippen molar-refractivity contribution < 1.29 is 18.3 Å². The van der Waals surface area contributed by atoms with Gasteiger partial charge in [-0.05, 0) is 12.8 Å². The number of carbonyl (C=O) groups excluding carboxylic acids is 1. The lowest BCUT2D eigenvalue weighted by Crippen LogP contribution is -2.24. The number of ether oxygens (including phenoxy) is 1. The van der Waals surface area contributed by atoms with E-state index in [1.165, 1.54) is 0 Å². The van der Waals surface area contributed by atoms with Gasteiger partial charge in [-0.15, -0.1) is 0 Å². The fourth-order valence-corrected chi connectivity index (χ4v) is 1.82. The molecule has 0 aliphatic heterocycles. The highest BCUT2D eigenvalue weighted by Gasteiger charge is 2.20. The lowest BCUT2D eigenvalue weighted by Gasteiger charge is -2.22. The Balaban J connectivity index is 2.00. The van der Waals surface area contributed by atoms with Gasteiger partial charge in [-0.25, -0.2) is 8.78 Å². The molecule has 16 heavy (non-hydrogen) atoms. The van der Waals surface area contributed by atoms with E-state index >= 15 is 0 Å². The highest BCUT2D eigenvalue weighted by molar-refractivity contribution is 5.79. The van der Waals surface area contributed by atoms with Gasteiger partial charge in [-0.2, -0.15) is 0 Å². The number of hydrogen-bond donors (Lipinski definition) is 0. The van der Waals surface area contributed by atoms with E-state index in [0.717, 1.165) is 18.2 Å². The normalized spacial score (nSPS) is 17.5. The van der Waals surface area contributed by atoms with Crippen LogP contribution in [0.1, 0.15) is 25.7 Å². The van der Waals surface area contributed by atoms with E-state index in [1.807, 2.05) is 0 Å². The van der Waals surface area contributed by atoms with Gasteiger partial charge in [-0.3, -0.25) is 4.79 Å². The van der Waals surface area contributed by atoms with Crippen LogP contribution in [0.5, 0.6) is 5.75 Å². The maximum atomic E-state index is 12.9. The first-order valence-electron chi connectivity index (χ1n) is 5.28. The molecule has 1 aromatic carbocycles. The van der Waals surface area contributed by atoms with Gasteiger partial charge in [0.2, 0.25) is 0 Å². The SMILES string of the molecule is O=C1CCC(Oc2cc(F)cc(F)c2)CC1. The Morgan fingerprint density at radius 1 is 1.06 bits per heavy atom. The molecule has 1 aliphatic rings. The molecule has 0 spiro atoms. The zero-order chi connectivity index (χ0) is 11.5. The Kier molecular flexibility index (Phi) is 3.17. The van der Waals surface area contributed by atoms with E-state index in [0.29, 0.717) is 25.7 Å². The quantitative estimate of drug-likeness (QED) is 0.775. The molecule has 0 heterocycles. The number of Topliss-reactive ketones (excluding diaryl/α,β-unsaturated/α-hetero) is 1. The van der Waals surface area contributed by atoms with Crippen molar-refractivity contribution in [2.45, 2.75) is 31.8 Å². The third kappa shape index (κ3) is 2.78. The highest BCUT2D eigenvalue weighted by Crippen LogP contribution is 2.23. The maximum absolute atomic E-state index is 12.9. The Bertz CT molecular complexity index is 374. The minimum Gasteiger partial charge on any atom is -0.490 e. The summed E-state index contributed by atoms with van der Waals surface area (Å²) in [7, 11) is 0. The van der Waals surface area contributed by atoms with Crippen LogP contribution in [0.4, 0.5) is 8.78 Å². The molecule has 0 aromatic heterocycles. The average molecular weight is 226 g/mol. The van der Waals surface area contributed by atoms with Crippen LogP contribution in [-0.4, -0.2) is 11.9 Å². The molecule has 0 bridgehead atoms. The minimum absolute atomic E-state index is 0.112. The number of benzene rings is 1. The fraction of sp³-hybridized carbons (Fsp3) is 0.417. The molecule has 1 saturated carbocycles. The highest BCUT2D eigenvalue weighted by atomic mass is 19.1. The number of carbonyl (C=O) groups is 1. The second kappa shape index (κ2) is 4.60. The predicted molar refractivity (Wildman–Crippen MR) is 54.2 cm³/mol. The van der Waals surface area contributed by atoms with Crippen LogP contribution in [0.3, 0.4) is 0 Å². The zero-order valence-corrected chi connectivity index (χ0v) is 8.71. The molecular weight excluding hydrogens is 214 g/mol. The molecule has 2 rings (SSSR count). The second-order valence-corrected chi connectivity index (χ2v) is 3.96. The smallest absolute Gasteiger partial charge is 0.133 e. The van der Waals surface area contributed by atoms with Crippen molar-refractivity contribution >= 4 is 5.78 Å². The number of rotatable bonds is 2. The molecule has 0 atom stereocenters. The Labute approximate surface area is 92.2 Å². The lowest BCUT2D eigenvalue weighted by molar-refractivity contribution is -0.121. The summed E-state index contributed by atoms with van der Waals surface area (Å²) >= 11 is 0. The largest absolute Gasteiger partial charge is 0.490 e. The Hall–Kier alpha value is -1.45. The van der Waals surface area contributed by atoms with Crippen molar-refractivity contribution in [1.29, 1.82) is 0 Å². The van der Waals surface area contributed by atoms with Crippen LogP contribution < -0.4 is 4.74 Å². The van der Waals surface area contributed by atoms with Crippen LogP contribution >= 0.6 is 0 Å². The first-order chi connectivity index (χ1) is 7.63. The second-order valence-electron chi connectivity index (χ2n) is 3.96. The fourth-order valence-electron chi connectivity index (χ4n) is 1.82. The van der Waals surface area contributed by atoms with Gasteiger partial charge in [0.25, 0.3) is 0 Å². The van der Waals surface area contributed by atoms with Gasteiger partial charge < -0.3 is 4.74 Å². The van der Waals surface area contributed by atoms with Gasteiger partial charge in [-0.1, -0.05) is 0 Å². The van der Waals surface area contributed by atoms with E-state index in [1.54, 1.807) is 0 Å². The summed E-state index contributed by atoms with van der Waals surface area (Å²) in [6, 6.07) is 3.11. The number of hydrogen-bond acceptors (Lipinski definition) is 2. The van der Waals surface area contributed by atoms with Crippen molar-refractivity contribution in [1.82, 2.24) is 0 Å². The van der Waals surface area contributed by atoms with Crippen molar-refractivity contribution in [2.24, 2.45) is 0 Å². The molecule has 1 fully saturated rings. The zero-order valence-electron chi connectivity index (χ0n) is 8.71. The van der Waals surface area contributed by atoms with Crippen LogP contribution in [0.25, 0.3) is 0 Å². The van der Waals surface area contributed by atoms with E-state index in [9.17, 15) is 13.6 Å². The Morgan fingerprint density at radius 2 is 1.62 bits per heavy atom. The molecule has 1 aliphatic carbocycles. The summed E-state index contributed by atoms with van der Waals surface area (Å²) in [5, 5.41) is 0. The van der Waals surface area contributed by atoms with Crippen molar-refractivity contribution in [3.63, 3.8) is 0 Å². The average Bonchev–Trinajstić information content (AvgIpc) is 2.20. The number of ketones is 1. The molecule has 0 unspecified atom stereocenters. The minimum atomic E-state index is -0.651. The monoisotopic (exact) mass is 226 g/mol. The van der Waals surface area contributed by atoms with Gasteiger partial charge in [0.05, 0.1) is 6.10 Å². The maximum Gasteiger partial charge on any atom is 0.133 e. The summed E-state index contributed by atoms with van der Waals surface area (Å²) in [5.74, 6) is -0.883. The van der Waals surface area contributed by atoms with E-state index in [4.69, 9.17) is 4.74 Å². The predicted octanol–water partition coefficient (Wildman–Crippen LogP) is 2.86. The van der Waals surface area contributed by atoms with Crippen LogP contribution in [0.2, 0.25) is 0 Å². The standard InChI is InChI=1S/C12H12F2O2/c13-8-5-9(14)7-12(6-8)16-11-3-1-10(15)2-4-11/h5-7,11H,1-4H2. The van der Waals surface area contributed by atoms with Crippen molar-refractivity contribution in [2.75, 3.05) is 0 Å². The van der Waals surface area contributed by atoms with Gasteiger partial charge in [0.15, 0.2) is 0 Å². The molecule has 0 radical (unpaired) electrons. The Morgan fingerprint density at radius 3 is 2.19 bits per heavy atom. The lowest BCUT2D eigenvalue weighted by atomic mass is 9.96. The summed E-state index contributed by atoms with van der Waals surface area (Å²) in [6.07, 6.45) is 2.11. The molecule has 0 amide bonds. The number of halogens is 2. The molecule has 1 aromatic rings. The summed E-state index contributed by atoms with van der Waals surface area (Å²) in [6.45, 7) is 0. The van der Waals surface area contributed by atoms with E-state index in [2.05, 4.69) is 0 Å². The molecule has 0 saturated heterocycles. The molecule has 86 valence electrons. The van der Waals surface area contributed by atoms with Crippen molar-refractivity contribution in [3.05, 3.63) is 29.8 Å². The van der Waals surface area contributed by atoms with Crippen LogP contribution in [0.15, 0.2) is 18.2 Å².